The standard InChI is InChI=1S/C40H46O5/c1-24-7-16-38(25(2)17-24)45-23-34(42)15-14-29-5-4-6-37(43)39(29)33-19-30-18-32-22-35(40(44)36(32)21-31(30)20-33)28-12-10-27(11-13-28)9-8-26(3)41/h4-7,16-19,21,27-28,34-35,42-43H,8-15,20,22-23H2,1-3H3. The van der Waals surface area contributed by atoms with Gasteiger partial charge in [0.15, 0.2) is 5.78 Å². The van der Waals surface area contributed by atoms with Crippen LogP contribution in [0.25, 0.3) is 11.6 Å². The highest BCUT2D eigenvalue weighted by atomic mass is 16.5. The summed E-state index contributed by atoms with van der Waals surface area (Å²) in [6, 6.07) is 16.0. The van der Waals surface area contributed by atoms with Crippen LogP contribution in [0.4, 0.5) is 0 Å². The van der Waals surface area contributed by atoms with E-state index in [0.717, 1.165) is 88.8 Å². The van der Waals surface area contributed by atoms with Crippen LogP contribution in [0.5, 0.6) is 11.5 Å². The number of benzene rings is 3. The van der Waals surface area contributed by atoms with Crippen LogP contribution in [0.3, 0.4) is 0 Å². The molecule has 0 heterocycles. The predicted molar refractivity (Wildman–Crippen MR) is 179 cm³/mol. The fourth-order valence-corrected chi connectivity index (χ4v) is 7.91. The van der Waals surface area contributed by atoms with Gasteiger partial charge in [0.2, 0.25) is 0 Å². The van der Waals surface area contributed by atoms with Crippen LogP contribution in [-0.2, 0) is 24.1 Å². The summed E-state index contributed by atoms with van der Waals surface area (Å²) in [5, 5.41) is 21.7. The largest absolute Gasteiger partial charge is 0.507 e. The van der Waals surface area contributed by atoms with Crippen LogP contribution < -0.4 is 4.74 Å². The third-order valence-electron chi connectivity index (χ3n) is 10.4. The molecular formula is C40H46O5. The van der Waals surface area contributed by atoms with E-state index in [4.69, 9.17) is 4.74 Å². The number of phenolic OH excluding ortho intramolecular Hbond substituents is 1. The molecule has 5 heteroatoms. The lowest BCUT2D eigenvalue weighted by molar-refractivity contribution is -0.117. The SMILES string of the molecule is CC(=O)CCC1CCC(C2Cc3cc4c(cc3C2=O)CC(c2c(O)cccc2CCC(O)COc2ccc(C)cc2C)=C4)CC1. The number of hydrogen-bond donors (Lipinski definition) is 2. The molecule has 3 aliphatic rings. The van der Waals surface area contributed by atoms with E-state index in [0.29, 0.717) is 43.3 Å². The van der Waals surface area contributed by atoms with Gasteiger partial charge in [0, 0.05) is 23.5 Å². The van der Waals surface area contributed by atoms with Gasteiger partial charge in [-0.3, -0.25) is 4.79 Å². The second-order valence-electron chi connectivity index (χ2n) is 13.8. The monoisotopic (exact) mass is 606 g/mol. The Morgan fingerprint density at radius 1 is 1.02 bits per heavy atom. The van der Waals surface area contributed by atoms with E-state index in [1.165, 1.54) is 5.56 Å². The van der Waals surface area contributed by atoms with Gasteiger partial charge in [0.25, 0.3) is 0 Å². The van der Waals surface area contributed by atoms with E-state index in [-0.39, 0.29) is 24.1 Å². The van der Waals surface area contributed by atoms with E-state index < -0.39 is 6.10 Å². The molecule has 1 fully saturated rings. The number of ether oxygens (including phenoxy) is 1. The quantitative estimate of drug-likeness (QED) is 0.231. The Morgan fingerprint density at radius 3 is 2.58 bits per heavy atom. The molecule has 2 unspecified atom stereocenters. The van der Waals surface area contributed by atoms with E-state index in [2.05, 4.69) is 24.3 Å². The zero-order valence-corrected chi connectivity index (χ0v) is 26.9. The van der Waals surface area contributed by atoms with E-state index >= 15 is 0 Å². The number of aliphatic hydroxyl groups is 1. The molecule has 0 radical (unpaired) electrons. The second-order valence-corrected chi connectivity index (χ2v) is 13.8. The lowest BCUT2D eigenvalue weighted by atomic mass is 9.73. The molecule has 2 atom stereocenters. The Bertz CT molecular complexity index is 1620. The van der Waals surface area contributed by atoms with Crippen molar-refractivity contribution in [2.24, 2.45) is 17.8 Å². The molecule has 3 aromatic carbocycles. The van der Waals surface area contributed by atoms with E-state index in [1.807, 2.05) is 38.1 Å². The number of hydrogen-bond acceptors (Lipinski definition) is 5. The predicted octanol–water partition coefficient (Wildman–Crippen LogP) is 8.01. The first-order valence-electron chi connectivity index (χ1n) is 16.8. The highest BCUT2D eigenvalue weighted by molar-refractivity contribution is 6.04. The molecule has 0 bridgehead atoms. The van der Waals surface area contributed by atoms with Crippen LogP contribution in [0.15, 0.2) is 48.5 Å². The number of aliphatic hydroxyl groups excluding tert-OH is 1. The van der Waals surface area contributed by atoms with Gasteiger partial charge in [-0.2, -0.15) is 0 Å². The van der Waals surface area contributed by atoms with Crippen molar-refractivity contribution in [3.63, 3.8) is 0 Å². The Labute approximate surface area is 267 Å². The zero-order valence-electron chi connectivity index (χ0n) is 26.9. The summed E-state index contributed by atoms with van der Waals surface area (Å²) in [4.78, 5) is 25.0. The highest BCUT2D eigenvalue weighted by Gasteiger charge is 2.38. The molecule has 3 aliphatic carbocycles. The van der Waals surface area contributed by atoms with Gasteiger partial charge in [0.1, 0.15) is 23.9 Å². The molecule has 1 saturated carbocycles. The van der Waals surface area contributed by atoms with Crippen molar-refractivity contribution in [1.29, 1.82) is 0 Å². The van der Waals surface area contributed by atoms with Gasteiger partial charge in [0.05, 0.1) is 6.10 Å². The van der Waals surface area contributed by atoms with Gasteiger partial charge in [-0.25, -0.2) is 0 Å². The maximum Gasteiger partial charge on any atom is 0.166 e. The number of allylic oxidation sites excluding steroid dienone is 1. The first-order valence-corrected chi connectivity index (χ1v) is 16.8. The molecule has 0 aliphatic heterocycles. The molecule has 45 heavy (non-hydrogen) atoms. The Balaban J connectivity index is 1.10. The van der Waals surface area contributed by atoms with Crippen molar-refractivity contribution in [2.75, 3.05) is 6.61 Å². The number of Topliss-reactive ketones (excluding diaryl/α,β-unsaturated/α-hetero) is 2. The summed E-state index contributed by atoms with van der Waals surface area (Å²) >= 11 is 0. The minimum atomic E-state index is -0.631. The summed E-state index contributed by atoms with van der Waals surface area (Å²) in [5.41, 5.74) is 9.44. The summed E-state index contributed by atoms with van der Waals surface area (Å²) in [6.07, 6.45) is 10.2. The number of carbonyl (C=O) groups excluding carboxylic acids is 2. The molecule has 0 spiro atoms. The van der Waals surface area contributed by atoms with Gasteiger partial charge in [-0.05, 0) is 129 Å². The molecule has 3 aromatic rings. The average Bonchev–Trinajstić information content (AvgIpc) is 3.57. The number of fused-ring (bicyclic) bond motifs is 2. The zero-order chi connectivity index (χ0) is 31.7. The van der Waals surface area contributed by atoms with Crippen LogP contribution in [0, 0.1) is 31.6 Å². The molecule has 5 nitrogen and oxygen atoms in total. The number of ketones is 2. The first kappa shape index (κ1) is 31.3. The molecule has 236 valence electrons. The lowest BCUT2D eigenvalue weighted by Gasteiger charge is -2.31. The van der Waals surface area contributed by atoms with Crippen molar-refractivity contribution in [3.8, 4) is 11.5 Å². The molecule has 0 saturated heterocycles. The van der Waals surface area contributed by atoms with Crippen molar-refractivity contribution < 1.29 is 24.5 Å². The highest BCUT2D eigenvalue weighted by Crippen LogP contribution is 2.44. The number of phenols is 1. The van der Waals surface area contributed by atoms with Gasteiger partial charge in [-0.1, -0.05) is 54.8 Å². The van der Waals surface area contributed by atoms with Gasteiger partial charge >= 0.3 is 0 Å². The van der Waals surface area contributed by atoms with Crippen LogP contribution in [-0.4, -0.2) is 34.5 Å². The van der Waals surface area contributed by atoms with E-state index in [9.17, 15) is 19.8 Å². The second kappa shape index (κ2) is 13.3. The molecule has 0 amide bonds. The number of rotatable bonds is 11. The average molecular weight is 607 g/mol. The van der Waals surface area contributed by atoms with E-state index in [1.54, 1.807) is 13.0 Å². The number of carbonyl (C=O) groups is 2. The molecule has 2 N–H and O–H groups in total. The smallest absolute Gasteiger partial charge is 0.166 e. The topological polar surface area (TPSA) is 83.8 Å². The Kier molecular flexibility index (Phi) is 9.28. The van der Waals surface area contributed by atoms with Crippen molar-refractivity contribution in [2.45, 2.75) is 91.1 Å². The normalized spacial score (nSPS) is 21.3. The van der Waals surface area contributed by atoms with Crippen molar-refractivity contribution >= 4 is 23.2 Å². The molecule has 0 aromatic heterocycles. The Hall–Kier alpha value is -3.70. The molecular weight excluding hydrogens is 560 g/mol. The Morgan fingerprint density at radius 2 is 1.82 bits per heavy atom. The third kappa shape index (κ3) is 6.94. The minimum absolute atomic E-state index is 0.0785. The summed E-state index contributed by atoms with van der Waals surface area (Å²) in [7, 11) is 0. The maximum atomic E-state index is 13.6. The minimum Gasteiger partial charge on any atom is -0.507 e. The van der Waals surface area contributed by atoms with Crippen LogP contribution in [0.1, 0.15) is 101 Å². The third-order valence-corrected chi connectivity index (χ3v) is 10.4. The lowest BCUT2D eigenvalue weighted by Crippen LogP contribution is -2.26. The van der Waals surface area contributed by atoms with Gasteiger partial charge in [-0.15, -0.1) is 0 Å². The van der Waals surface area contributed by atoms with Crippen LogP contribution in [0.2, 0.25) is 0 Å². The summed E-state index contributed by atoms with van der Waals surface area (Å²) in [6.45, 7) is 5.95. The number of aryl methyl sites for hydroxylation is 3. The van der Waals surface area contributed by atoms with Crippen molar-refractivity contribution in [1.82, 2.24) is 0 Å². The first-order chi connectivity index (χ1) is 21.7. The van der Waals surface area contributed by atoms with Crippen LogP contribution >= 0.6 is 0 Å². The molecule has 6 rings (SSSR count). The van der Waals surface area contributed by atoms with Crippen molar-refractivity contribution in [3.05, 3.63) is 93.0 Å². The number of aromatic hydroxyl groups is 1. The fraction of sp³-hybridized carbons (Fsp3) is 0.450. The van der Waals surface area contributed by atoms with Gasteiger partial charge < -0.3 is 19.7 Å². The fourth-order valence-electron chi connectivity index (χ4n) is 7.91. The summed E-state index contributed by atoms with van der Waals surface area (Å²) in [5.74, 6) is 2.74. The summed E-state index contributed by atoms with van der Waals surface area (Å²) < 4.78 is 5.90. The maximum absolute atomic E-state index is 13.6.